The molecule has 1 N–H and O–H groups in total. The van der Waals surface area contributed by atoms with Crippen LogP contribution in [-0.4, -0.2) is 11.8 Å². The molecular formula is C30H29NO3. The number of benzene rings is 3. The Balaban J connectivity index is 1.37. The minimum Gasteiger partial charge on any atom is -0.485 e. The number of hydrogen-bond donors (Lipinski definition) is 1. The first-order valence-corrected chi connectivity index (χ1v) is 12.0. The second-order valence-corrected chi connectivity index (χ2v) is 10.2. The first kappa shape index (κ1) is 21.2. The second kappa shape index (κ2) is 8.14. The third kappa shape index (κ3) is 3.54. The molecule has 2 bridgehead atoms. The number of carbonyl (C=O) groups excluding carboxylic acids is 1. The van der Waals surface area contributed by atoms with Gasteiger partial charge in [-0.15, -0.1) is 0 Å². The number of fused-ring (bicyclic) bond motifs is 3. The highest BCUT2D eigenvalue weighted by Gasteiger charge is 2.63. The number of allylic oxidation sites excluding steroid dienone is 1. The van der Waals surface area contributed by atoms with Crippen LogP contribution in [0.5, 0.6) is 11.5 Å². The lowest BCUT2D eigenvalue weighted by atomic mass is 9.45. The summed E-state index contributed by atoms with van der Waals surface area (Å²) in [6.45, 7) is 3.96. The maximum atomic E-state index is 12.4. The van der Waals surface area contributed by atoms with Gasteiger partial charge in [0.1, 0.15) is 13.2 Å². The Labute approximate surface area is 200 Å². The molecule has 3 aromatic rings. The summed E-state index contributed by atoms with van der Waals surface area (Å²) in [5.41, 5.74) is 4.53. The van der Waals surface area contributed by atoms with Gasteiger partial charge in [0.05, 0.1) is 0 Å². The smallest absolute Gasteiger partial charge is 0.162 e. The van der Waals surface area contributed by atoms with Crippen LogP contribution in [0.25, 0.3) is 0 Å². The van der Waals surface area contributed by atoms with Gasteiger partial charge in [-0.05, 0) is 52.3 Å². The number of nitrogens with one attached hydrogen (secondary N) is 1. The maximum Gasteiger partial charge on any atom is 0.162 e. The molecule has 4 heteroatoms. The van der Waals surface area contributed by atoms with Crippen LogP contribution >= 0.6 is 0 Å². The van der Waals surface area contributed by atoms with Crippen molar-refractivity contribution >= 4 is 5.78 Å². The van der Waals surface area contributed by atoms with E-state index in [2.05, 4.69) is 54.7 Å². The predicted molar refractivity (Wildman–Crippen MR) is 132 cm³/mol. The number of hydrogen-bond acceptors (Lipinski definition) is 4. The van der Waals surface area contributed by atoms with E-state index in [0.717, 1.165) is 35.6 Å². The van der Waals surface area contributed by atoms with Crippen LogP contribution in [0.1, 0.15) is 42.0 Å². The van der Waals surface area contributed by atoms with Gasteiger partial charge in [0.15, 0.2) is 17.3 Å². The van der Waals surface area contributed by atoms with Crippen molar-refractivity contribution in [1.82, 2.24) is 5.32 Å². The Bertz CT molecular complexity index is 1250. The molecule has 1 aliphatic heterocycles. The fraction of sp³-hybridized carbons (Fsp3) is 0.300. The Kier molecular flexibility index (Phi) is 5.07. The normalized spacial score (nSPS) is 26.6. The fourth-order valence-electron chi connectivity index (χ4n) is 6.24. The van der Waals surface area contributed by atoms with E-state index in [4.69, 9.17) is 9.47 Å². The third-order valence-corrected chi connectivity index (χ3v) is 7.70. The molecule has 0 aromatic heterocycles. The Hall–Kier alpha value is -3.37. The highest BCUT2D eigenvalue weighted by atomic mass is 16.5. The molecule has 0 radical (unpaired) electrons. The molecule has 3 atom stereocenters. The zero-order valence-corrected chi connectivity index (χ0v) is 19.4. The Morgan fingerprint density at radius 1 is 0.912 bits per heavy atom. The van der Waals surface area contributed by atoms with E-state index < -0.39 is 0 Å². The van der Waals surface area contributed by atoms with Gasteiger partial charge in [-0.3, -0.25) is 4.79 Å². The van der Waals surface area contributed by atoms with E-state index in [1.165, 1.54) is 11.1 Å². The first-order chi connectivity index (χ1) is 16.6. The first-order valence-electron chi connectivity index (χ1n) is 12.0. The number of ether oxygens (including phenoxy) is 2. The molecule has 1 heterocycles. The number of carbonyl (C=O) groups is 1. The molecule has 3 aliphatic rings. The van der Waals surface area contributed by atoms with Crippen LogP contribution in [0, 0.1) is 5.41 Å². The molecule has 172 valence electrons. The molecule has 1 saturated carbocycles. The minimum absolute atomic E-state index is 0.00812. The molecule has 0 amide bonds. The van der Waals surface area contributed by atoms with Crippen molar-refractivity contribution in [1.29, 1.82) is 0 Å². The van der Waals surface area contributed by atoms with E-state index >= 15 is 0 Å². The van der Waals surface area contributed by atoms with Gasteiger partial charge in [-0.25, -0.2) is 0 Å². The highest BCUT2D eigenvalue weighted by Crippen LogP contribution is 2.62. The van der Waals surface area contributed by atoms with E-state index in [1.54, 1.807) is 6.08 Å². The van der Waals surface area contributed by atoms with Crippen molar-refractivity contribution in [3.8, 4) is 11.5 Å². The summed E-state index contributed by atoms with van der Waals surface area (Å²) in [4.78, 5) is 12.4. The largest absolute Gasteiger partial charge is 0.485 e. The summed E-state index contributed by atoms with van der Waals surface area (Å²) < 4.78 is 12.7. The molecule has 3 aromatic carbocycles. The van der Waals surface area contributed by atoms with Gasteiger partial charge in [-0.2, -0.15) is 0 Å². The lowest BCUT2D eigenvalue weighted by Crippen LogP contribution is -2.69. The number of rotatable bonds is 6. The van der Waals surface area contributed by atoms with Gasteiger partial charge in [-0.1, -0.05) is 73.7 Å². The zero-order chi connectivity index (χ0) is 23.2. The zero-order valence-electron chi connectivity index (χ0n) is 19.4. The van der Waals surface area contributed by atoms with Crippen molar-refractivity contribution < 1.29 is 14.3 Å². The highest BCUT2D eigenvalue weighted by molar-refractivity contribution is 5.92. The van der Waals surface area contributed by atoms with Crippen molar-refractivity contribution in [3.05, 3.63) is 107 Å². The van der Waals surface area contributed by atoms with Crippen LogP contribution in [-0.2, 0) is 30.0 Å². The molecule has 1 unspecified atom stereocenters. The Morgan fingerprint density at radius 2 is 1.53 bits per heavy atom. The van der Waals surface area contributed by atoms with Crippen molar-refractivity contribution in [3.63, 3.8) is 0 Å². The lowest BCUT2D eigenvalue weighted by Gasteiger charge is -2.62. The fourth-order valence-corrected chi connectivity index (χ4v) is 6.24. The minimum atomic E-state index is -0.169. The van der Waals surface area contributed by atoms with Gasteiger partial charge >= 0.3 is 0 Å². The summed E-state index contributed by atoms with van der Waals surface area (Å²) in [6, 6.07) is 24.9. The molecule has 1 spiro atoms. The maximum absolute atomic E-state index is 12.4. The average molecular weight is 452 g/mol. The van der Waals surface area contributed by atoms with Gasteiger partial charge < -0.3 is 14.8 Å². The lowest BCUT2D eigenvalue weighted by molar-refractivity contribution is -0.119. The van der Waals surface area contributed by atoms with E-state index in [1.807, 2.05) is 36.4 Å². The van der Waals surface area contributed by atoms with Gasteiger partial charge in [0.25, 0.3) is 0 Å². The van der Waals surface area contributed by atoms with Crippen LogP contribution < -0.4 is 14.8 Å². The molecule has 0 saturated heterocycles. The molecule has 34 heavy (non-hydrogen) atoms. The summed E-state index contributed by atoms with van der Waals surface area (Å²) in [5.74, 6) is 1.73. The second-order valence-electron chi connectivity index (χ2n) is 10.2. The summed E-state index contributed by atoms with van der Waals surface area (Å²) in [7, 11) is 0. The van der Waals surface area contributed by atoms with E-state index in [9.17, 15) is 4.79 Å². The monoisotopic (exact) mass is 451 g/mol. The standard InChI is InChI=1S/C30H29NO3/c1-29-16-24(32)12-13-30(20-29)25-15-27(34-19-22-10-6-3-7-11-22)26(14-23(25)17-31-28(29)30)33-18-21-8-4-2-5-9-21/h2-15,28,31H,16-20H2,1H3/t28-,29?,30-/m0/s1. The Morgan fingerprint density at radius 3 is 2.18 bits per heavy atom. The van der Waals surface area contributed by atoms with Crippen LogP contribution in [0.3, 0.4) is 0 Å². The van der Waals surface area contributed by atoms with Gasteiger partial charge in [0, 0.05) is 24.4 Å². The van der Waals surface area contributed by atoms with E-state index in [0.29, 0.717) is 19.6 Å². The van der Waals surface area contributed by atoms with Crippen molar-refractivity contribution in [2.45, 2.75) is 51.0 Å². The van der Waals surface area contributed by atoms with Crippen LogP contribution in [0.2, 0.25) is 0 Å². The molecular weight excluding hydrogens is 422 g/mol. The molecule has 1 fully saturated rings. The number of ketones is 1. The summed E-state index contributed by atoms with van der Waals surface area (Å²) in [6.07, 6.45) is 5.51. The summed E-state index contributed by atoms with van der Waals surface area (Å²) >= 11 is 0. The average Bonchev–Trinajstić information content (AvgIpc) is 3.06. The van der Waals surface area contributed by atoms with Crippen molar-refractivity contribution in [2.24, 2.45) is 5.41 Å². The quantitative estimate of drug-likeness (QED) is 0.538. The van der Waals surface area contributed by atoms with E-state index in [-0.39, 0.29) is 22.7 Å². The predicted octanol–water partition coefficient (Wildman–Crippen LogP) is 5.49. The third-order valence-electron chi connectivity index (χ3n) is 7.70. The summed E-state index contributed by atoms with van der Waals surface area (Å²) in [5, 5.41) is 3.75. The SMILES string of the molecule is CC12CC(=O)C=C[C@]3(C1)c1cc(OCc4ccccc4)c(OCc4ccccc4)cc1CN[C@@H]23. The van der Waals surface area contributed by atoms with Crippen LogP contribution in [0.4, 0.5) is 0 Å². The molecule has 4 nitrogen and oxygen atoms in total. The van der Waals surface area contributed by atoms with Crippen LogP contribution in [0.15, 0.2) is 84.9 Å². The molecule has 2 aliphatic carbocycles. The topological polar surface area (TPSA) is 47.6 Å². The van der Waals surface area contributed by atoms with Gasteiger partial charge in [0.2, 0.25) is 0 Å². The van der Waals surface area contributed by atoms with Crippen molar-refractivity contribution in [2.75, 3.05) is 0 Å². The molecule has 6 rings (SSSR count).